The Hall–Kier alpha value is -1.02. The molecule has 1 aromatic rings. The summed E-state index contributed by atoms with van der Waals surface area (Å²) in [5, 5.41) is 0. The first-order valence-corrected chi connectivity index (χ1v) is 7.79. The van der Waals surface area contributed by atoms with Gasteiger partial charge in [-0.1, -0.05) is 44.7 Å². The Kier molecular flexibility index (Phi) is 8.31. The molecule has 0 spiro atoms. The van der Waals surface area contributed by atoms with E-state index < -0.39 is 0 Å². The lowest BCUT2D eigenvalue weighted by Crippen LogP contribution is -2.27. The van der Waals surface area contributed by atoms with Crippen molar-refractivity contribution in [2.24, 2.45) is 5.73 Å². The standard InChI is InChI=1S/C17H30N2/c1-3-4-5-6-7-13-19(14-9-12-18)17-11-8-10-16(2)15-17/h8,10-11,15H,3-7,9,12-14,18H2,1-2H3. The van der Waals surface area contributed by atoms with Crippen LogP contribution in [0.15, 0.2) is 24.3 Å². The molecule has 0 amide bonds. The zero-order chi connectivity index (χ0) is 13.9. The van der Waals surface area contributed by atoms with E-state index in [1.807, 2.05) is 0 Å². The maximum absolute atomic E-state index is 5.65. The van der Waals surface area contributed by atoms with Crippen molar-refractivity contribution in [1.29, 1.82) is 0 Å². The van der Waals surface area contributed by atoms with E-state index in [2.05, 4.69) is 43.0 Å². The molecule has 2 heteroatoms. The Morgan fingerprint density at radius 3 is 2.42 bits per heavy atom. The van der Waals surface area contributed by atoms with E-state index >= 15 is 0 Å². The molecule has 0 aromatic heterocycles. The Balaban J connectivity index is 2.47. The fraction of sp³-hybridized carbons (Fsp3) is 0.647. The van der Waals surface area contributed by atoms with E-state index in [1.165, 1.54) is 43.4 Å². The molecule has 0 saturated carbocycles. The van der Waals surface area contributed by atoms with Gasteiger partial charge in [0.25, 0.3) is 0 Å². The van der Waals surface area contributed by atoms with E-state index in [9.17, 15) is 0 Å². The van der Waals surface area contributed by atoms with Crippen molar-refractivity contribution in [3.8, 4) is 0 Å². The van der Waals surface area contributed by atoms with Crippen molar-refractivity contribution in [2.45, 2.75) is 52.4 Å². The molecule has 0 saturated heterocycles. The molecule has 0 unspecified atom stereocenters. The van der Waals surface area contributed by atoms with Crippen molar-refractivity contribution < 1.29 is 0 Å². The zero-order valence-corrected chi connectivity index (χ0v) is 12.7. The minimum absolute atomic E-state index is 0.776. The molecule has 0 aliphatic rings. The molecular weight excluding hydrogens is 232 g/mol. The van der Waals surface area contributed by atoms with Crippen molar-refractivity contribution in [1.82, 2.24) is 0 Å². The lowest BCUT2D eigenvalue weighted by atomic mass is 10.1. The number of benzene rings is 1. The fourth-order valence-electron chi connectivity index (χ4n) is 2.38. The van der Waals surface area contributed by atoms with Gasteiger partial charge in [-0.2, -0.15) is 0 Å². The third kappa shape index (κ3) is 6.63. The molecule has 0 aliphatic carbocycles. The summed E-state index contributed by atoms with van der Waals surface area (Å²) < 4.78 is 0. The Labute approximate surface area is 119 Å². The number of aryl methyl sites for hydroxylation is 1. The molecule has 0 fully saturated rings. The topological polar surface area (TPSA) is 29.3 Å². The number of nitrogens with zero attached hydrogens (tertiary/aromatic N) is 1. The zero-order valence-electron chi connectivity index (χ0n) is 12.7. The summed E-state index contributed by atoms with van der Waals surface area (Å²) in [5.74, 6) is 0. The summed E-state index contributed by atoms with van der Waals surface area (Å²) in [4.78, 5) is 2.49. The number of rotatable bonds is 10. The van der Waals surface area contributed by atoms with Crippen LogP contribution >= 0.6 is 0 Å². The Morgan fingerprint density at radius 2 is 1.74 bits per heavy atom. The highest BCUT2D eigenvalue weighted by atomic mass is 15.1. The number of hydrogen-bond acceptors (Lipinski definition) is 2. The lowest BCUT2D eigenvalue weighted by Gasteiger charge is -2.25. The van der Waals surface area contributed by atoms with Crippen molar-refractivity contribution in [3.63, 3.8) is 0 Å². The van der Waals surface area contributed by atoms with Crippen LogP contribution in [0, 0.1) is 6.92 Å². The molecule has 0 bridgehead atoms. The summed E-state index contributed by atoms with van der Waals surface area (Å²) in [5.41, 5.74) is 8.34. The van der Waals surface area contributed by atoms with Crippen LogP contribution in [-0.4, -0.2) is 19.6 Å². The van der Waals surface area contributed by atoms with E-state index in [0.717, 1.165) is 26.1 Å². The fourth-order valence-corrected chi connectivity index (χ4v) is 2.38. The summed E-state index contributed by atoms with van der Waals surface area (Å²) >= 11 is 0. The van der Waals surface area contributed by atoms with Crippen LogP contribution in [0.2, 0.25) is 0 Å². The first-order valence-electron chi connectivity index (χ1n) is 7.79. The van der Waals surface area contributed by atoms with Gasteiger partial charge in [0, 0.05) is 18.8 Å². The van der Waals surface area contributed by atoms with Gasteiger partial charge >= 0.3 is 0 Å². The minimum atomic E-state index is 0.776. The normalized spacial score (nSPS) is 10.7. The Morgan fingerprint density at radius 1 is 1.00 bits per heavy atom. The number of hydrogen-bond donors (Lipinski definition) is 1. The van der Waals surface area contributed by atoms with Gasteiger partial charge in [0.15, 0.2) is 0 Å². The van der Waals surface area contributed by atoms with Crippen molar-refractivity contribution in [2.75, 3.05) is 24.5 Å². The van der Waals surface area contributed by atoms with Gasteiger partial charge in [0.1, 0.15) is 0 Å². The molecule has 0 atom stereocenters. The summed E-state index contributed by atoms with van der Waals surface area (Å²) in [6, 6.07) is 8.81. The highest BCUT2D eigenvalue weighted by Crippen LogP contribution is 2.17. The monoisotopic (exact) mass is 262 g/mol. The second-order valence-corrected chi connectivity index (χ2v) is 5.38. The average molecular weight is 262 g/mol. The van der Waals surface area contributed by atoms with E-state index in [4.69, 9.17) is 5.73 Å². The van der Waals surface area contributed by atoms with Gasteiger partial charge in [-0.05, 0) is 44.0 Å². The molecule has 1 aromatic carbocycles. The second kappa shape index (κ2) is 9.85. The molecule has 1 rings (SSSR count). The first kappa shape index (κ1) is 16.0. The van der Waals surface area contributed by atoms with Crippen LogP contribution in [0.5, 0.6) is 0 Å². The molecule has 0 heterocycles. The van der Waals surface area contributed by atoms with Gasteiger partial charge in [0.05, 0.1) is 0 Å². The minimum Gasteiger partial charge on any atom is -0.371 e. The Bertz CT molecular complexity index is 336. The lowest BCUT2D eigenvalue weighted by molar-refractivity contribution is 0.612. The third-order valence-corrected chi connectivity index (χ3v) is 3.53. The van der Waals surface area contributed by atoms with E-state index in [0.29, 0.717) is 0 Å². The number of unbranched alkanes of at least 4 members (excludes halogenated alkanes) is 4. The largest absolute Gasteiger partial charge is 0.371 e. The smallest absolute Gasteiger partial charge is 0.0368 e. The predicted octanol–water partition coefficient (Wildman–Crippen LogP) is 4.12. The predicted molar refractivity (Wildman–Crippen MR) is 85.8 cm³/mol. The van der Waals surface area contributed by atoms with Crippen LogP contribution in [0.3, 0.4) is 0 Å². The van der Waals surface area contributed by atoms with Crippen molar-refractivity contribution in [3.05, 3.63) is 29.8 Å². The molecule has 2 nitrogen and oxygen atoms in total. The van der Waals surface area contributed by atoms with Crippen LogP contribution in [0.1, 0.15) is 51.0 Å². The van der Waals surface area contributed by atoms with E-state index in [1.54, 1.807) is 0 Å². The number of nitrogens with two attached hydrogens (primary N) is 1. The average Bonchev–Trinajstić information content (AvgIpc) is 2.42. The highest BCUT2D eigenvalue weighted by molar-refractivity contribution is 5.48. The van der Waals surface area contributed by atoms with Crippen LogP contribution in [-0.2, 0) is 0 Å². The van der Waals surface area contributed by atoms with Gasteiger partial charge in [-0.15, -0.1) is 0 Å². The van der Waals surface area contributed by atoms with Crippen molar-refractivity contribution >= 4 is 5.69 Å². The van der Waals surface area contributed by atoms with Gasteiger partial charge in [-0.3, -0.25) is 0 Å². The summed E-state index contributed by atoms with van der Waals surface area (Å²) in [6.45, 7) is 7.44. The molecule has 0 aliphatic heterocycles. The van der Waals surface area contributed by atoms with Crippen LogP contribution < -0.4 is 10.6 Å². The molecule has 2 N–H and O–H groups in total. The first-order chi connectivity index (χ1) is 9.27. The van der Waals surface area contributed by atoms with Crippen LogP contribution in [0.25, 0.3) is 0 Å². The van der Waals surface area contributed by atoms with Gasteiger partial charge in [-0.25, -0.2) is 0 Å². The SMILES string of the molecule is CCCCCCCN(CCCN)c1cccc(C)c1. The second-order valence-electron chi connectivity index (χ2n) is 5.38. The molecule has 108 valence electrons. The maximum atomic E-state index is 5.65. The highest BCUT2D eigenvalue weighted by Gasteiger charge is 2.05. The van der Waals surface area contributed by atoms with Gasteiger partial charge in [0.2, 0.25) is 0 Å². The third-order valence-electron chi connectivity index (χ3n) is 3.53. The van der Waals surface area contributed by atoms with E-state index in [-0.39, 0.29) is 0 Å². The van der Waals surface area contributed by atoms with Gasteiger partial charge < -0.3 is 10.6 Å². The molecule has 0 radical (unpaired) electrons. The van der Waals surface area contributed by atoms with Crippen LogP contribution in [0.4, 0.5) is 5.69 Å². The molecule has 19 heavy (non-hydrogen) atoms. The number of anilines is 1. The molecular formula is C17H30N2. The quantitative estimate of drug-likeness (QED) is 0.643. The summed E-state index contributed by atoms with van der Waals surface area (Å²) in [7, 11) is 0. The maximum Gasteiger partial charge on any atom is 0.0368 e. The summed E-state index contributed by atoms with van der Waals surface area (Å²) in [6.07, 6.45) is 7.76.